The van der Waals surface area contributed by atoms with Gasteiger partial charge in [0.15, 0.2) is 0 Å². The number of ether oxygens (including phenoxy) is 2. The van der Waals surface area contributed by atoms with E-state index in [0.29, 0.717) is 26.2 Å². The van der Waals surface area contributed by atoms with Gasteiger partial charge >= 0.3 is 11.9 Å². The second-order valence-electron chi connectivity index (χ2n) is 7.75. The first-order chi connectivity index (χ1) is 17.6. The maximum atomic E-state index is 13.5. The first kappa shape index (κ1) is 27.3. The monoisotopic (exact) mass is 598 g/mol. The molecule has 1 aromatic heterocycles. The zero-order valence-corrected chi connectivity index (χ0v) is 23.2. The van der Waals surface area contributed by atoms with E-state index in [9.17, 15) is 14.4 Å². The molecular weight excluding hydrogens is 582 g/mol. The molecule has 7 nitrogen and oxygen atoms in total. The zero-order valence-electron chi connectivity index (χ0n) is 19.3. The molecule has 1 atom stereocenters. The van der Waals surface area contributed by atoms with Crippen LogP contribution in [0.3, 0.4) is 0 Å². The Balaban J connectivity index is 2.15. The van der Waals surface area contributed by atoms with Crippen molar-refractivity contribution in [3.63, 3.8) is 0 Å². The number of carbonyl (C=O) groups excluding carboxylic acids is 2. The molecule has 0 fully saturated rings. The van der Waals surface area contributed by atoms with Crippen LogP contribution in [0.2, 0.25) is 20.1 Å². The minimum Gasteiger partial charge on any atom is -0.466 e. The third kappa shape index (κ3) is 5.04. The Morgan fingerprint density at radius 1 is 1.03 bits per heavy atom. The number of aromatic nitrogens is 1. The van der Waals surface area contributed by atoms with Gasteiger partial charge in [0.2, 0.25) is 0 Å². The van der Waals surface area contributed by atoms with Crippen molar-refractivity contribution in [1.82, 2.24) is 4.57 Å². The van der Waals surface area contributed by atoms with Crippen LogP contribution in [0.4, 0.5) is 0 Å². The molecule has 2 N–H and O–H groups in total. The lowest BCUT2D eigenvalue weighted by molar-refractivity contribution is -0.138. The Kier molecular flexibility index (Phi) is 8.06. The molecule has 0 amide bonds. The number of halogens is 4. The Labute approximate surface area is 234 Å². The fourth-order valence-electron chi connectivity index (χ4n) is 3.97. The largest absolute Gasteiger partial charge is 0.466 e. The number of benzene rings is 2. The third-order valence-corrected chi connectivity index (χ3v) is 7.80. The van der Waals surface area contributed by atoms with Gasteiger partial charge in [0.1, 0.15) is 10.5 Å². The van der Waals surface area contributed by atoms with Crippen molar-refractivity contribution in [3.05, 3.63) is 92.7 Å². The molecule has 1 aliphatic heterocycles. The molecule has 1 unspecified atom stereocenters. The third-order valence-electron chi connectivity index (χ3n) is 5.57. The Morgan fingerprint density at radius 3 is 2.27 bits per heavy atom. The van der Waals surface area contributed by atoms with Crippen LogP contribution in [-0.2, 0) is 19.1 Å². The molecule has 2 heterocycles. The fourth-order valence-corrected chi connectivity index (χ4v) is 6.11. The summed E-state index contributed by atoms with van der Waals surface area (Å²) in [6.45, 7) is 1.65. The standard InChI is InChI=1S/C25H18Cl4N2O5S/c1-3-36-25(34)19-18(14-7-6-13(27)10-16(14)29)20(24(33)35-2)23-31(21(19)30)22(32)17(37-23)8-11-4-5-12(26)9-15(11)28/h4-10,18H,3,30H2,1-2H3/b17-8+. The number of nitrogens with two attached hydrogens (primary N) is 1. The van der Waals surface area contributed by atoms with E-state index in [1.165, 1.54) is 19.2 Å². The van der Waals surface area contributed by atoms with Gasteiger partial charge in [-0.2, -0.15) is 0 Å². The van der Waals surface area contributed by atoms with Crippen LogP contribution in [0.25, 0.3) is 17.5 Å². The number of esters is 2. The number of rotatable bonds is 5. The second-order valence-corrected chi connectivity index (χ2v) is 10.5. The molecule has 2 aromatic carbocycles. The second kappa shape index (κ2) is 10.9. The highest BCUT2D eigenvalue weighted by Gasteiger charge is 2.40. The first-order valence-electron chi connectivity index (χ1n) is 10.7. The van der Waals surface area contributed by atoms with E-state index in [-0.39, 0.29) is 37.8 Å². The van der Waals surface area contributed by atoms with Gasteiger partial charge in [-0.05, 0) is 48.4 Å². The van der Waals surface area contributed by atoms with Gasteiger partial charge in [-0.25, -0.2) is 9.59 Å². The normalized spacial score (nSPS) is 15.6. The SMILES string of the molecule is CCOC(=O)C1=C(N)n2c(s/c(=C/c3ccc(Cl)cc3Cl)c2=O)=C(C(=O)OC)C1c1ccc(Cl)cc1Cl. The van der Waals surface area contributed by atoms with Gasteiger partial charge < -0.3 is 15.2 Å². The summed E-state index contributed by atoms with van der Waals surface area (Å²) in [4.78, 5) is 39.9. The van der Waals surface area contributed by atoms with E-state index in [1.807, 2.05) is 0 Å². The van der Waals surface area contributed by atoms with E-state index in [4.69, 9.17) is 61.6 Å². The van der Waals surface area contributed by atoms with Crippen LogP contribution < -0.4 is 20.5 Å². The predicted molar refractivity (Wildman–Crippen MR) is 147 cm³/mol. The van der Waals surface area contributed by atoms with Crippen molar-refractivity contribution in [3.8, 4) is 0 Å². The van der Waals surface area contributed by atoms with Crippen molar-refractivity contribution in [2.45, 2.75) is 12.8 Å². The average molecular weight is 600 g/mol. The van der Waals surface area contributed by atoms with Crippen LogP contribution in [0, 0.1) is 0 Å². The molecule has 0 saturated heterocycles. The first-order valence-corrected chi connectivity index (χ1v) is 13.0. The minimum atomic E-state index is -1.10. The van der Waals surface area contributed by atoms with Crippen molar-refractivity contribution in [2.75, 3.05) is 13.7 Å². The Bertz CT molecular complexity index is 1660. The summed E-state index contributed by atoms with van der Waals surface area (Å²) in [5, 5.41) is 1.28. The number of hydrogen-bond acceptors (Lipinski definition) is 7. The molecule has 0 radical (unpaired) electrons. The summed E-state index contributed by atoms with van der Waals surface area (Å²) >= 11 is 25.9. The van der Waals surface area contributed by atoms with E-state index < -0.39 is 23.4 Å². The quantitative estimate of drug-likeness (QED) is 0.442. The number of methoxy groups -OCH3 is 1. The summed E-state index contributed by atoms with van der Waals surface area (Å²) < 4.78 is 11.8. The Morgan fingerprint density at radius 2 is 1.68 bits per heavy atom. The van der Waals surface area contributed by atoms with Gasteiger partial charge in [0.25, 0.3) is 5.56 Å². The summed E-state index contributed by atoms with van der Waals surface area (Å²) in [5.74, 6) is -2.88. The smallest absolute Gasteiger partial charge is 0.338 e. The number of hydrogen-bond donors (Lipinski definition) is 1. The summed E-state index contributed by atoms with van der Waals surface area (Å²) in [5.41, 5.74) is 6.63. The van der Waals surface area contributed by atoms with Gasteiger partial charge in [0.05, 0.1) is 35.3 Å². The van der Waals surface area contributed by atoms with Crippen molar-refractivity contribution in [1.29, 1.82) is 0 Å². The van der Waals surface area contributed by atoms with E-state index in [0.717, 1.165) is 15.9 Å². The number of thiazole rings is 1. The molecule has 0 saturated carbocycles. The van der Waals surface area contributed by atoms with Crippen molar-refractivity contribution in [2.24, 2.45) is 5.73 Å². The van der Waals surface area contributed by atoms with Crippen molar-refractivity contribution >= 4 is 87.1 Å². The maximum Gasteiger partial charge on any atom is 0.338 e. The lowest BCUT2D eigenvalue weighted by atomic mass is 9.83. The summed E-state index contributed by atoms with van der Waals surface area (Å²) in [7, 11) is 1.19. The highest BCUT2D eigenvalue weighted by molar-refractivity contribution is 7.07. The molecule has 0 bridgehead atoms. The highest BCUT2D eigenvalue weighted by atomic mass is 35.5. The topological polar surface area (TPSA) is 101 Å². The molecule has 1 aliphatic rings. The molecule has 37 heavy (non-hydrogen) atoms. The molecule has 0 spiro atoms. The van der Waals surface area contributed by atoms with E-state index >= 15 is 0 Å². The lowest BCUT2D eigenvalue weighted by Gasteiger charge is -2.27. The lowest BCUT2D eigenvalue weighted by Crippen LogP contribution is -2.41. The maximum absolute atomic E-state index is 13.5. The molecule has 12 heteroatoms. The molecule has 192 valence electrons. The number of carbonyl (C=O) groups is 2. The average Bonchev–Trinajstić information content (AvgIpc) is 3.16. The van der Waals surface area contributed by atoms with Gasteiger partial charge in [0, 0.05) is 20.1 Å². The van der Waals surface area contributed by atoms with Gasteiger partial charge in [-0.1, -0.05) is 58.5 Å². The highest BCUT2D eigenvalue weighted by Crippen LogP contribution is 2.41. The number of nitrogens with zero attached hydrogens (tertiary/aromatic N) is 1. The molecule has 4 rings (SSSR count). The van der Waals surface area contributed by atoms with Crippen LogP contribution in [-0.4, -0.2) is 30.2 Å². The van der Waals surface area contributed by atoms with E-state index in [1.54, 1.807) is 37.3 Å². The van der Waals surface area contributed by atoms with Crippen LogP contribution in [0.15, 0.2) is 46.8 Å². The summed E-state index contributed by atoms with van der Waals surface area (Å²) in [6.07, 6.45) is 1.55. The molecular formula is C25H18Cl4N2O5S. The summed E-state index contributed by atoms with van der Waals surface area (Å²) in [6, 6.07) is 9.43. The van der Waals surface area contributed by atoms with Crippen LogP contribution in [0.5, 0.6) is 0 Å². The van der Waals surface area contributed by atoms with Crippen LogP contribution >= 0.6 is 57.7 Å². The zero-order chi connectivity index (χ0) is 27.0. The fraction of sp³-hybridized carbons (Fsp3) is 0.160. The van der Waals surface area contributed by atoms with Crippen molar-refractivity contribution < 1.29 is 19.1 Å². The van der Waals surface area contributed by atoms with Gasteiger partial charge in [-0.3, -0.25) is 9.36 Å². The predicted octanol–water partition coefficient (Wildman–Crippen LogP) is 4.16. The minimum absolute atomic E-state index is 0.00655. The van der Waals surface area contributed by atoms with Crippen LogP contribution in [0.1, 0.15) is 24.0 Å². The van der Waals surface area contributed by atoms with E-state index in [2.05, 4.69) is 0 Å². The number of fused-ring (bicyclic) bond motifs is 1. The Hall–Kier alpha value is -2.75. The molecule has 3 aromatic rings. The molecule has 0 aliphatic carbocycles. The van der Waals surface area contributed by atoms with Gasteiger partial charge in [-0.15, -0.1) is 11.3 Å².